The lowest BCUT2D eigenvalue weighted by Gasteiger charge is -2.26. The quantitative estimate of drug-likeness (QED) is 0.811. The van der Waals surface area contributed by atoms with Gasteiger partial charge in [-0.1, -0.05) is 30.3 Å². The van der Waals surface area contributed by atoms with Crippen LogP contribution in [0, 0.1) is 0 Å². The van der Waals surface area contributed by atoms with Crippen molar-refractivity contribution in [3.05, 3.63) is 59.2 Å². The molecule has 0 atom stereocenters. The maximum atomic E-state index is 12.5. The van der Waals surface area contributed by atoms with Crippen molar-refractivity contribution < 1.29 is 19.0 Å². The number of nitrogens with one attached hydrogen (secondary N) is 1. The molecule has 0 radical (unpaired) electrons. The summed E-state index contributed by atoms with van der Waals surface area (Å²) in [4.78, 5) is 14.9. The summed E-state index contributed by atoms with van der Waals surface area (Å²) >= 11 is 0. The van der Waals surface area contributed by atoms with Crippen molar-refractivity contribution in [1.29, 1.82) is 0 Å². The molecule has 1 aliphatic rings. The Morgan fingerprint density at radius 2 is 1.74 bits per heavy atom. The largest absolute Gasteiger partial charge is 0.493 e. The zero-order valence-corrected chi connectivity index (χ0v) is 15.9. The Kier molecular flexibility index (Phi) is 6.68. The highest BCUT2D eigenvalue weighted by molar-refractivity contribution is 5.97. The van der Waals surface area contributed by atoms with Crippen molar-refractivity contribution >= 4 is 5.91 Å². The van der Waals surface area contributed by atoms with Crippen molar-refractivity contribution in [1.82, 2.24) is 10.2 Å². The Hall–Kier alpha value is -2.57. The number of rotatable bonds is 7. The van der Waals surface area contributed by atoms with Crippen molar-refractivity contribution in [2.75, 3.05) is 40.5 Å². The second kappa shape index (κ2) is 9.39. The van der Waals surface area contributed by atoms with Gasteiger partial charge in [0, 0.05) is 26.2 Å². The number of morpholine rings is 1. The molecule has 6 nitrogen and oxygen atoms in total. The van der Waals surface area contributed by atoms with Gasteiger partial charge in [-0.2, -0.15) is 0 Å². The summed E-state index contributed by atoms with van der Waals surface area (Å²) in [6.07, 6.45) is 0. The second-order valence-electron chi connectivity index (χ2n) is 6.43. The van der Waals surface area contributed by atoms with Crippen molar-refractivity contribution in [3.8, 4) is 11.5 Å². The molecule has 6 heteroatoms. The molecule has 144 valence electrons. The molecule has 3 rings (SSSR count). The molecule has 1 amide bonds. The van der Waals surface area contributed by atoms with Crippen LogP contribution in [0.1, 0.15) is 21.5 Å². The van der Waals surface area contributed by atoms with Crippen LogP contribution in [0.2, 0.25) is 0 Å². The van der Waals surface area contributed by atoms with Gasteiger partial charge in [0.2, 0.25) is 0 Å². The number of ether oxygens (including phenoxy) is 3. The molecular weight excluding hydrogens is 344 g/mol. The van der Waals surface area contributed by atoms with Crippen molar-refractivity contribution in [3.63, 3.8) is 0 Å². The van der Waals surface area contributed by atoms with E-state index in [9.17, 15) is 4.79 Å². The van der Waals surface area contributed by atoms with Crippen LogP contribution < -0.4 is 14.8 Å². The molecule has 0 saturated carbocycles. The van der Waals surface area contributed by atoms with E-state index in [1.165, 1.54) is 12.7 Å². The molecule has 1 N–H and O–H groups in total. The van der Waals surface area contributed by atoms with Gasteiger partial charge >= 0.3 is 0 Å². The lowest BCUT2D eigenvalue weighted by Crippen LogP contribution is -2.35. The summed E-state index contributed by atoms with van der Waals surface area (Å²) in [5.41, 5.74) is 2.78. The number of para-hydroxylation sites is 1. The summed E-state index contributed by atoms with van der Waals surface area (Å²) in [6, 6.07) is 13.6. The predicted octanol–water partition coefficient (Wildman–Crippen LogP) is 2.47. The molecule has 1 fully saturated rings. The normalized spacial score (nSPS) is 14.6. The van der Waals surface area contributed by atoms with E-state index >= 15 is 0 Å². The number of hydrogen-bond donors (Lipinski definition) is 1. The molecule has 2 aromatic rings. The van der Waals surface area contributed by atoms with Crippen LogP contribution in [0.3, 0.4) is 0 Å². The van der Waals surface area contributed by atoms with E-state index in [4.69, 9.17) is 14.2 Å². The Morgan fingerprint density at radius 1 is 1.04 bits per heavy atom. The topological polar surface area (TPSA) is 60.0 Å². The van der Waals surface area contributed by atoms with Gasteiger partial charge in [0.15, 0.2) is 11.5 Å². The van der Waals surface area contributed by atoms with Gasteiger partial charge in [0.05, 0.1) is 33.0 Å². The first kappa shape index (κ1) is 19.2. The van der Waals surface area contributed by atoms with Crippen LogP contribution in [0.15, 0.2) is 42.5 Å². The lowest BCUT2D eigenvalue weighted by atomic mass is 10.1. The number of methoxy groups -OCH3 is 2. The van der Waals surface area contributed by atoms with Gasteiger partial charge in [-0.25, -0.2) is 0 Å². The molecule has 0 aliphatic carbocycles. The highest BCUT2D eigenvalue weighted by atomic mass is 16.5. The van der Waals surface area contributed by atoms with E-state index in [2.05, 4.69) is 34.5 Å². The van der Waals surface area contributed by atoms with E-state index < -0.39 is 0 Å². The average molecular weight is 370 g/mol. The standard InChI is InChI=1S/C21H26N2O4/c1-25-19-5-3-4-18(20(19)26-2)21(24)22-14-16-6-8-17(9-7-16)15-23-10-12-27-13-11-23/h3-9H,10-15H2,1-2H3,(H,22,24). The minimum absolute atomic E-state index is 0.192. The lowest BCUT2D eigenvalue weighted by molar-refractivity contribution is 0.0342. The van der Waals surface area contributed by atoms with Gasteiger partial charge in [0.1, 0.15) is 0 Å². The smallest absolute Gasteiger partial charge is 0.255 e. The van der Waals surface area contributed by atoms with E-state index in [0.717, 1.165) is 38.4 Å². The molecule has 1 heterocycles. The molecule has 0 unspecified atom stereocenters. The number of amides is 1. The highest BCUT2D eigenvalue weighted by Crippen LogP contribution is 2.30. The first-order chi connectivity index (χ1) is 13.2. The van der Waals surface area contributed by atoms with Crippen LogP contribution in [0.25, 0.3) is 0 Å². The maximum absolute atomic E-state index is 12.5. The number of carbonyl (C=O) groups is 1. The predicted molar refractivity (Wildman–Crippen MR) is 103 cm³/mol. The third-order valence-corrected chi connectivity index (χ3v) is 4.63. The summed E-state index contributed by atoms with van der Waals surface area (Å²) < 4.78 is 16.0. The Labute approximate surface area is 160 Å². The molecule has 0 bridgehead atoms. The minimum Gasteiger partial charge on any atom is -0.493 e. The average Bonchev–Trinajstić information content (AvgIpc) is 2.73. The fraction of sp³-hybridized carbons (Fsp3) is 0.381. The third-order valence-electron chi connectivity index (χ3n) is 4.63. The molecule has 0 spiro atoms. The zero-order chi connectivity index (χ0) is 19.1. The van der Waals surface area contributed by atoms with Crippen molar-refractivity contribution in [2.45, 2.75) is 13.1 Å². The van der Waals surface area contributed by atoms with Crippen LogP contribution in [0.5, 0.6) is 11.5 Å². The molecule has 0 aromatic heterocycles. The molecule has 1 saturated heterocycles. The van der Waals surface area contributed by atoms with Gasteiger partial charge in [-0.3, -0.25) is 9.69 Å². The monoisotopic (exact) mass is 370 g/mol. The molecule has 2 aromatic carbocycles. The first-order valence-corrected chi connectivity index (χ1v) is 9.08. The summed E-state index contributed by atoms with van der Waals surface area (Å²) in [5.74, 6) is 0.791. The SMILES string of the molecule is COc1cccc(C(=O)NCc2ccc(CN3CCOCC3)cc2)c1OC. The minimum atomic E-state index is -0.192. The van der Waals surface area contributed by atoms with Gasteiger partial charge in [-0.05, 0) is 23.3 Å². The van der Waals surface area contributed by atoms with Gasteiger partial charge in [-0.15, -0.1) is 0 Å². The number of benzene rings is 2. The third kappa shape index (κ3) is 4.99. The second-order valence-corrected chi connectivity index (χ2v) is 6.43. The Bertz CT molecular complexity index is 755. The Balaban J connectivity index is 1.57. The first-order valence-electron chi connectivity index (χ1n) is 9.08. The van der Waals surface area contributed by atoms with Crippen LogP contribution in [0.4, 0.5) is 0 Å². The van der Waals surface area contributed by atoms with E-state index in [-0.39, 0.29) is 5.91 Å². The molecule has 27 heavy (non-hydrogen) atoms. The van der Waals surface area contributed by atoms with E-state index in [1.807, 2.05) is 0 Å². The number of nitrogens with zero attached hydrogens (tertiary/aromatic N) is 1. The molecule has 1 aliphatic heterocycles. The van der Waals surface area contributed by atoms with Crippen LogP contribution >= 0.6 is 0 Å². The summed E-state index contributed by atoms with van der Waals surface area (Å²) in [7, 11) is 3.08. The van der Waals surface area contributed by atoms with Crippen LogP contribution in [-0.4, -0.2) is 51.3 Å². The summed E-state index contributed by atoms with van der Waals surface area (Å²) in [5, 5.41) is 2.94. The van der Waals surface area contributed by atoms with E-state index in [0.29, 0.717) is 23.6 Å². The zero-order valence-electron chi connectivity index (χ0n) is 15.9. The van der Waals surface area contributed by atoms with E-state index in [1.54, 1.807) is 25.3 Å². The fourth-order valence-electron chi connectivity index (χ4n) is 3.12. The Morgan fingerprint density at radius 3 is 2.41 bits per heavy atom. The van der Waals surface area contributed by atoms with Crippen molar-refractivity contribution in [2.24, 2.45) is 0 Å². The van der Waals surface area contributed by atoms with Gasteiger partial charge < -0.3 is 19.5 Å². The van der Waals surface area contributed by atoms with Gasteiger partial charge in [0.25, 0.3) is 5.91 Å². The summed E-state index contributed by atoms with van der Waals surface area (Å²) in [6.45, 7) is 4.93. The number of hydrogen-bond acceptors (Lipinski definition) is 5. The van der Waals surface area contributed by atoms with Crippen LogP contribution in [-0.2, 0) is 17.8 Å². The number of carbonyl (C=O) groups excluding carboxylic acids is 1. The fourth-order valence-corrected chi connectivity index (χ4v) is 3.12. The maximum Gasteiger partial charge on any atom is 0.255 e. The highest BCUT2D eigenvalue weighted by Gasteiger charge is 2.16. The molecular formula is C21H26N2O4.